The SMILES string of the molecule is CCc1nn(C)cc1C(Cc1cccc(OC)c1)NC. The lowest BCUT2D eigenvalue weighted by Crippen LogP contribution is -2.19. The molecule has 1 aromatic carbocycles. The number of rotatable bonds is 6. The van der Waals surface area contributed by atoms with E-state index < -0.39 is 0 Å². The maximum atomic E-state index is 5.29. The summed E-state index contributed by atoms with van der Waals surface area (Å²) < 4.78 is 7.18. The molecule has 0 radical (unpaired) electrons. The van der Waals surface area contributed by atoms with Gasteiger partial charge in [0.1, 0.15) is 5.75 Å². The van der Waals surface area contributed by atoms with Crippen molar-refractivity contribution in [2.45, 2.75) is 25.8 Å². The molecule has 0 aliphatic rings. The summed E-state index contributed by atoms with van der Waals surface area (Å²) in [5.74, 6) is 0.902. The molecule has 0 saturated carbocycles. The van der Waals surface area contributed by atoms with Crippen molar-refractivity contribution < 1.29 is 4.74 Å². The van der Waals surface area contributed by atoms with Crippen LogP contribution in [0.2, 0.25) is 0 Å². The van der Waals surface area contributed by atoms with Gasteiger partial charge in [0.15, 0.2) is 0 Å². The number of likely N-dealkylation sites (N-methyl/N-ethyl adjacent to an activating group) is 1. The van der Waals surface area contributed by atoms with Gasteiger partial charge in [0.25, 0.3) is 0 Å². The Bertz CT molecular complexity index is 563. The van der Waals surface area contributed by atoms with Gasteiger partial charge in [-0.05, 0) is 37.6 Å². The Kier molecular flexibility index (Phi) is 4.79. The molecule has 0 aliphatic heterocycles. The maximum Gasteiger partial charge on any atom is 0.119 e. The van der Waals surface area contributed by atoms with E-state index in [1.165, 1.54) is 11.1 Å². The van der Waals surface area contributed by atoms with Gasteiger partial charge >= 0.3 is 0 Å². The van der Waals surface area contributed by atoms with Crippen molar-refractivity contribution in [2.24, 2.45) is 7.05 Å². The Morgan fingerprint density at radius 2 is 2.20 bits per heavy atom. The number of benzene rings is 1. The topological polar surface area (TPSA) is 39.1 Å². The molecule has 108 valence electrons. The Morgan fingerprint density at radius 3 is 2.85 bits per heavy atom. The van der Waals surface area contributed by atoms with Crippen LogP contribution in [-0.4, -0.2) is 23.9 Å². The van der Waals surface area contributed by atoms with Crippen LogP contribution in [-0.2, 0) is 19.9 Å². The van der Waals surface area contributed by atoms with Crippen LogP contribution in [0.15, 0.2) is 30.5 Å². The molecule has 0 fully saturated rings. The summed E-state index contributed by atoms with van der Waals surface area (Å²) in [7, 11) is 5.67. The van der Waals surface area contributed by atoms with Gasteiger partial charge in [-0.15, -0.1) is 0 Å². The van der Waals surface area contributed by atoms with Crippen LogP contribution in [0.5, 0.6) is 5.75 Å². The molecule has 20 heavy (non-hydrogen) atoms. The van der Waals surface area contributed by atoms with Crippen molar-refractivity contribution >= 4 is 0 Å². The summed E-state index contributed by atoms with van der Waals surface area (Å²) in [5.41, 5.74) is 3.70. The largest absolute Gasteiger partial charge is 0.497 e. The van der Waals surface area contributed by atoms with Crippen molar-refractivity contribution in [3.63, 3.8) is 0 Å². The van der Waals surface area contributed by atoms with E-state index in [0.717, 1.165) is 24.3 Å². The molecule has 0 aliphatic carbocycles. The van der Waals surface area contributed by atoms with Gasteiger partial charge in [0.2, 0.25) is 0 Å². The van der Waals surface area contributed by atoms with Crippen molar-refractivity contribution in [2.75, 3.05) is 14.2 Å². The van der Waals surface area contributed by atoms with Gasteiger partial charge in [-0.3, -0.25) is 4.68 Å². The molecule has 2 aromatic rings. The summed E-state index contributed by atoms with van der Waals surface area (Å²) in [4.78, 5) is 0. The van der Waals surface area contributed by atoms with E-state index in [9.17, 15) is 0 Å². The molecule has 0 amide bonds. The molecule has 2 rings (SSSR count). The third-order valence-corrected chi connectivity index (χ3v) is 3.57. The Labute approximate surface area is 120 Å². The van der Waals surface area contributed by atoms with Crippen LogP contribution in [0.1, 0.15) is 29.8 Å². The second-order valence-electron chi connectivity index (χ2n) is 4.96. The van der Waals surface area contributed by atoms with Crippen LogP contribution in [0.3, 0.4) is 0 Å². The minimum Gasteiger partial charge on any atom is -0.497 e. The van der Waals surface area contributed by atoms with Crippen LogP contribution in [0.25, 0.3) is 0 Å². The highest BCUT2D eigenvalue weighted by Crippen LogP contribution is 2.23. The third-order valence-electron chi connectivity index (χ3n) is 3.57. The summed E-state index contributed by atoms with van der Waals surface area (Å²) in [6.45, 7) is 2.14. The van der Waals surface area contributed by atoms with Crippen molar-refractivity contribution in [1.29, 1.82) is 0 Å². The van der Waals surface area contributed by atoms with Crippen LogP contribution in [0.4, 0.5) is 0 Å². The number of nitrogens with zero attached hydrogens (tertiary/aromatic N) is 2. The fourth-order valence-corrected chi connectivity index (χ4v) is 2.52. The molecule has 4 heteroatoms. The molecule has 1 atom stereocenters. The first kappa shape index (κ1) is 14.6. The minimum absolute atomic E-state index is 0.269. The Hall–Kier alpha value is -1.81. The maximum absolute atomic E-state index is 5.29. The molecule has 1 heterocycles. The quantitative estimate of drug-likeness (QED) is 0.879. The number of methoxy groups -OCH3 is 1. The van der Waals surface area contributed by atoms with Gasteiger partial charge in [0.05, 0.1) is 12.8 Å². The van der Waals surface area contributed by atoms with E-state index in [4.69, 9.17) is 4.74 Å². The third kappa shape index (κ3) is 3.20. The zero-order valence-electron chi connectivity index (χ0n) is 12.7. The fraction of sp³-hybridized carbons (Fsp3) is 0.438. The highest BCUT2D eigenvalue weighted by molar-refractivity contribution is 5.31. The standard InChI is InChI=1S/C16H23N3O/c1-5-15-14(11-19(3)18-15)16(17-2)10-12-7-6-8-13(9-12)20-4/h6-9,11,16-17H,5,10H2,1-4H3. The van der Waals surface area contributed by atoms with Gasteiger partial charge in [-0.1, -0.05) is 19.1 Å². The minimum atomic E-state index is 0.269. The van der Waals surface area contributed by atoms with Crippen LogP contribution >= 0.6 is 0 Å². The summed E-state index contributed by atoms with van der Waals surface area (Å²) in [5, 5.41) is 7.92. The fourth-order valence-electron chi connectivity index (χ4n) is 2.52. The normalized spacial score (nSPS) is 12.4. The predicted octanol–water partition coefficient (Wildman–Crippen LogP) is 2.49. The molecule has 4 nitrogen and oxygen atoms in total. The number of nitrogens with one attached hydrogen (secondary N) is 1. The zero-order chi connectivity index (χ0) is 14.5. The van der Waals surface area contributed by atoms with Gasteiger partial charge in [0, 0.05) is 24.8 Å². The summed E-state index contributed by atoms with van der Waals surface area (Å²) in [6, 6.07) is 8.50. The van der Waals surface area contributed by atoms with E-state index >= 15 is 0 Å². The highest BCUT2D eigenvalue weighted by Gasteiger charge is 2.16. The van der Waals surface area contributed by atoms with Crippen LogP contribution < -0.4 is 10.1 Å². The lowest BCUT2D eigenvalue weighted by molar-refractivity contribution is 0.414. The molecule has 0 bridgehead atoms. The van der Waals surface area contributed by atoms with Gasteiger partial charge in [-0.2, -0.15) is 5.10 Å². The summed E-state index contributed by atoms with van der Waals surface area (Å²) in [6.07, 6.45) is 3.99. The molecule has 0 saturated heterocycles. The van der Waals surface area contributed by atoms with E-state index in [1.807, 2.05) is 30.9 Å². The molecule has 1 N–H and O–H groups in total. The van der Waals surface area contributed by atoms with E-state index in [1.54, 1.807) is 7.11 Å². The summed E-state index contributed by atoms with van der Waals surface area (Å²) >= 11 is 0. The van der Waals surface area contributed by atoms with Gasteiger partial charge < -0.3 is 10.1 Å². The Morgan fingerprint density at radius 1 is 1.40 bits per heavy atom. The van der Waals surface area contributed by atoms with E-state index in [-0.39, 0.29) is 6.04 Å². The highest BCUT2D eigenvalue weighted by atomic mass is 16.5. The first-order valence-corrected chi connectivity index (χ1v) is 7.00. The van der Waals surface area contributed by atoms with Crippen molar-refractivity contribution in [1.82, 2.24) is 15.1 Å². The molecule has 1 unspecified atom stereocenters. The molecular formula is C16H23N3O. The smallest absolute Gasteiger partial charge is 0.119 e. The molecule has 1 aromatic heterocycles. The van der Waals surface area contributed by atoms with Crippen molar-refractivity contribution in [3.05, 3.63) is 47.3 Å². The lowest BCUT2D eigenvalue weighted by Gasteiger charge is -2.16. The first-order valence-electron chi connectivity index (χ1n) is 7.00. The second-order valence-corrected chi connectivity index (χ2v) is 4.96. The molecular weight excluding hydrogens is 250 g/mol. The Balaban J connectivity index is 2.23. The second kappa shape index (κ2) is 6.57. The van der Waals surface area contributed by atoms with E-state index in [0.29, 0.717) is 0 Å². The lowest BCUT2D eigenvalue weighted by atomic mass is 9.98. The average Bonchev–Trinajstić information content (AvgIpc) is 2.86. The average molecular weight is 273 g/mol. The zero-order valence-corrected chi connectivity index (χ0v) is 12.7. The van der Waals surface area contributed by atoms with Crippen LogP contribution in [0, 0.1) is 0 Å². The monoisotopic (exact) mass is 273 g/mol. The number of hydrogen-bond donors (Lipinski definition) is 1. The van der Waals surface area contributed by atoms with Gasteiger partial charge in [-0.25, -0.2) is 0 Å². The number of aromatic nitrogens is 2. The molecule has 0 spiro atoms. The number of hydrogen-bond acceptors (Lipinski definition) is 3. The number of ether oxygens (including phenoxy) is 1. The van der Waals surface area contributed by atoms with E-state index in [2.05, 4.69) is 35.7 Å². The first-order chi connectivity index (χ1) is 9.67. The van der Waals surface area contributed by atoms with Crippen molar-refractivity contribution in [3.8, 4) is 5.75 Å². The number of aryl methyl sites for hydroxylation is 2. The predicted molar refractivity (Wildman–Crippen MR) is 81.1 cm³/mol.